The quantitative estimate of drug-likeness (QED) is 0.582. The van der Waals surface area contributed by atoms with Gasteiger partial charge in [-0.25, -0.2) is 0 Å². The van der Waals surface area contributed by atoms with E-state index in [1.807, 2.05) is 0 Å². The Morgan fingerprint density at radius 2 is 1.73 bits per heavy atom. The Bertz CT molecular complexity index is 901. The number of aromatic hydroxyl groups is 1. The summed E-state index contributed by atoms with van der Waals surface area (Å²) in [6, 6.07) is 9.67. The molecule has 0 unspecified atom stereocenters. The highest BCUT2D eigenvalue weighted by Crippen LogP contribution is 2.46. The molecule has 0 saturated heterocycles. The van der Waals surface area contributed by atoms with E-state index in [0.717, 1.165) is 6.07 Å². The van der Waals surface area contributed by atoms with Crippen molar-refractivity contribution in [3.05, 3.63) is 62.9 Å². The summed E-state index contributed by atoms with van der Waals surface area (Å²) in [4.78, 5) is 20.4. The van der Waals surface area contributed by atoms with Crippen molar-refractivity contribution in [1.82, 2.24) is 0 Å². The van der Waals surface area contributed by atoms with Crippen LogP contribution in [0.3, 0.4) is 0 Å². The molecule has 0 aliphatic rings. The molecule has 0 aliphatic heterocycles. The summed E-state index contributed by atoms with van der Waals surface area (Å²) in [6.45, 7) is 0. The molecule has 2 aromatic carbocycles. The molecule has 3 rings (SSSR count). The molecular formula is C14H8N2O6. The highest BCUT2D eigenvalue weighted by molar-refractivity contribution is 6.04. The van der Waals surface area contributed by atoms with Gasteiger partial charge >= 0.3 is 11.4 Å². The van der Waals surface area contributed by atoms with E-state index in [-0.39, 0.29) is 11.0 Å². The Hall–Kier alpha value is -3.42. The Kier molecular flexibility index (Phi) is 2.99. The van der Waals surface area contributed by atoms with E-state index in [1.165, 1.54) is 6.26 Å². The number of furan rings is 1. The Labute approximate surface area is 122 Å². The molecule has 0 bridgehead atoms. The number of nitro benzene ring substituents is 2. The van der Waals surface area contributed by atoms with Gasteiger partial charge in [0.15, 0.2) is 0 Å². The summed E-state index contributed by atoms with van der Waals surface area (Å²) in [5, 5.41) is 32.1. The lowest BCUT2D eigenvalue weighted by molar-refractivity contribution is -0.394. The lowest BCUT2D eigenvalue weighted by Crippen LogP contribution is -1.95. The molecule has 3 aromatic rings. The number of nitro groups is 2. The van der Waals surface area contributed by atoms with E-state index in [4.69, 9.17) is 4.42 Å². The molecule has 110 valence electrons. The maximum Gasteiger partial charge on any atom is 0.329 e. The number of rotatable bonds is 3. The zero-order valence-electron chi connectivity index (χ0n) is 10.9. The third kappa shape index (κ3) is 1.94. The van der Waals surface area contributed by atoms with Gasteiger partial charge in [-0.1, -0.05) is 30.3 Å². The van der Waals surface area contributed by atoms with Crippen LogP contribution < -0.4 is 0 Å². The lowest BCUT2D eigenvalue weighted by atomic mass is 10.0. The minimum atomic E-state index is -0.985. The molecule has 0 fully saturated rings. The van der Waals surface area contributed by atoms with Crippen LogP contribution >= 0.6 is 0 Å². The van der Waals surface area contributed by atoms with Gasteiger partial charge < -0.3 is 9.52 Å². The fourth-order valence-corrected chi connectivity index (χ4v) is 2.30. The second-order valence-corrected chi connectivity index (χ2v) is 4.50. The molecule has 0 atom stereocenters. The average Bonchev–Trinajstić information content (AvgIpc) is 2.90. The van der Waals surface area contributed by atoms with Gasteiger partial charge in [-0.2, -0.15) is 0 Å². The van der Waals surface area contributed by atoms with Crippen LogP contribution in [0.2, 0.25) is 0 Å². The zero-order valence-corrected chi connectivity index (χ0v) is 10.9. The fourth-order valence-electron chi connectivity index (χ4n) is 2.30. The molecular weight excluding hydrogens is 292 g/mol. The van der Waals surface area contributed by atoms with Gasteiger partial charge in [-0.15, -0.1) is 0 Å². The molecule has 0 saturated carbocycles. The molecule has 0 aliphatic carbocycles. The predicted molar refractivity (Wildman–Crippen MR) is 76.6 cm³/mol. The molecule has 1 N–H and O–H groups in total. The van der Waals surface area contributed by atoms with E-state index >= 15 is 0 Å². The first-order valence-electron chi connectivity index (χ1n) is 6.12. The van der Waals surface area contributed by atoms with Crippen LogP contribution in [0.4, 0.5) is 11.4 Å². The molecule has 1 aromatic heterocycles. The van der Waals surface area contributed by atoms with E-state index in [1.54, 1.807) is 30.3 Å². The summed E-state index contributed by atoms with van der Waals surface area (Å²) in [7, 11) is 0. The van der Waals surface area contributed by atoms with E-state index in [0.29, 0.717) is 11.1 Å². The van der Waals surface area contributed by atoms with Crippen molar-refractivity contribution in [3.8, 4) is 16.9 Å². The van der Waals surface area contributed by atoms with Gasteiger partial charge in [0.25, 0.3) is 5.75 Å². The highest BCUT2D eigenvalue weighted by atomic mass is 16.6. The van der Waals surface area contributed by atoms with Crippen LogP contribution in [-0.2, 0) is 0 Å². The van der Waals surface area contributed by atoms with Gasteiger partial charge in [0.1, 0.15) is 11.0 Å². The van der Waals surface area contributed by atoms with Crippen molar-refractivity contribution in [2.45, 2.75) is 0 Å². The topological polar surface area (TPSA) is 120 Å². The molecule has 8 nitrogen and oxygen atoms in total. The number of phenolic OH excluding ortho intramolecular Hbond substituents is 1. The number of hydrogen-bond acceptors (Lipinski definition) is 6. The van der Waals surface area contributed by atoms with Crippen molar-refractivity contribution in [1.29, 1.82) is 0 Å². The number of nitrogens with zero attached hydrogens (tertiary/aromatic N) is 2. The van der Waals surface area contributed by atoms with Crippen molar-refractivity contribution in [2.75, 3.05) is 0 Å². The largest absolute Gasteiger partial charge is 0.497 e. The van der Waals surface area contributed by atoms with Gasteiger partial charge in [0.05, 0.1) is 22.2 Å². The molecule has 22 heavy (non-hydrogen) atoms. The monoisotopic (exact) mass is 300 g/mol. The van der Waals surface area contributed by atoms with Crippen molar-refractivity contribution >= 4 is 22.3 Å². The number of benzene rings is 2. The van der Waals surface area contributed by atoms with Crippen molar-refractivity contribution < 1.29 is 19.4 Å². The SMILES string of the molecule is O=[N+]([O-])c1cc2occ(-c3ccccc3)c2c([N+](=O)[O-])c1O. The van der Waals surface area contributed by atoms with Gasteiger partial charge in [-0.05, 0) is 5.56 Å². The zero-order chi connectivity index (χ0) is 15.9. The maximum atomic E-state index is 11.3. The summed E-state index contributed by atoms with van der Waals surface area (Å²) in [5.74, 6) is -0.985. The third-order valence-electron chi connectivity index (χ3n) is 3.26. The summed E-state index contributed by atoms with van der Waals surface area (Å²) >= 11 is 0. The summed E-state index contributed by atoms with van der Waals surface area (Å²) in [6.07, 6.45) is 1.27. The lowest BCUT2D eigenvalue weighted by Gasteiger charge is -2.02. The Morgan fingerprint density at radius 1 is 1.05 bits per heavy atom. The normalized spacial score (nSPS) is 10.7. The van der Waals surface area contributed by atoms with E-state index in [2.05, 4.69) is 0 Å². The molecule has 0 spiro atoms. The minimum absolute atomic E-state index is 0.0271. The number of hydrogen-bond donors (Lipinski definition) is 1. The molecule has 1 heterocycles. The van der Waals surface area contributed by atoms with Crippen molar-refractivity contribution in [2.24, 2.45) is 0 Å². The van der Waals surface area contributed by atoms with Crippen molar-refractivity contribution in [3.63, 3.8) is 0 Å². The van der Waals surface area contributed by atoms with Gasteiger partial charge in [0.2, 0.25) is 0 Å². The molecule has 0 amide bonds. The second kappa shape index (κ2) is 4.85. The number of phenols is 1. The first kappa shape index (κ1) is 13.6. The standard InChI is InChI=1S/C14H8N2O6/c17-14-10(15(18)19)6-11-12(13(14)16(20)21)9(7-22-11)8-4-2-1-3-5-8/h1-7,17H. The predicted octanol–water partition coefficient (Wildman–Crippen LogP) is 3.62. The third-order valence-corrected chi connectivity index (χ3v) is 3.26. The first-order valence-corrected chi connectivity index (χ1v) is 6.12. The van der Waals surface area contributed by atoms with Crippen LogP contribution in [0.5, 0.6) is 5.75 Å². The van der Waals surface area contributed by atoms with Gasteiger partial charge in [0, 0.05) is 5.56 Å². The van der Waals surface area contributed by atoms with Crippen LogP contribution in [0.15, 0.2) is 47.1 Å². The van der Waals surface area contributed by atoms with Crippen LogP contribution in [0, 0.1) is 20.2 Å². The summed E-state index contributed by atoms with van der Waals surface area (Å²) in [5.41, 5.74) is -0.523. The number of fused-ring (bicyclic) bond motifs is 1. The minimum Gasteiger partial charge on any atom is -0.497 e. The Morgan fingerprint density at radius 3 is 2.32 bits per heavy atom. The molecule has 8 heteroatoms. The van der Waals surface area contributed by atoms with Crippen LogP contribution in [0.25, 0.3) is 22.1 Å². The van der Waals surface area contributed by atoms with Crippen LogP contribution in [-0.4, -0.2) is 15.0 Å². The molecule has 0 radical (unpaired) electrons. The average molecular weight is 300 g/mol. The highest BCUT2D eigenvalue weighted by Gasteiger charge is 2.32. The maximum absolute atomic E-state index is 11.3. The summed E-state index contributed by atoms with van der Waals surface area (Å²) < 4.78 is 5.22. The fraction of sp³-hybridized carbons (Fsp3) is 0. The van der Waals surface area contributed by atoms with E-state index < -0.39 is 27.0 Å². The van der Waals surface area contributed by atoms with Gasteiger partial charge in [-0.3, -0.25) is 20.2 Å². The first-order chi connectivity index (χ1) is 10.5. The second-order valence-electron chi connectivity index (χ2n) is 4.50. The smallest absolute Gasteiger partial charge is 0.329 e. The van der Waals surface area contributed by atoms with E-state index in [9.17, 15) is 25.3 Å². The Balaban J connectivity index is 2.43. The van der Waals surface area contributed by atoms with Crippen LogP contribution in [0.1, 0.15) is 0 Å².